The molecule has 0 atom stereocenters. The quantitative estimate of drug-likeness (QED) is 0.137. The number of unbranched alkanes of at least 4 members (excludes halogenated alkanes) is 17. The molecule has 0 amide bonds. The molecule has 1 heteroatoms. The van der Waals surface area contributed by atoms with Crippen LogP contribution >= 0.6 is 0 Å². The van der Waals surface area contributed by atoms with Gasteiger partial charge in [-0.2, -0.15) is 0 Å². The molecule has 0 saturated heterocycles. The van der Waals surface area contributed by atoms with Crippen molar-refractivity contribution in [3.05, 3.63) is 12.2 Å². The molecule has 0 saturated carbocycles. The molecule has 0 aliphatic carbocycles. The summed E-state index contributed by atoms with van der Waals surface area (Å²) >= 11 is 0. The first-order valence-corrected chi connectivity index (χ1v) is 12.1. The van der Waals surface area contributed by atoms with Crippen LogP contribution in [0.15, 0.2) is 12.2 Å². The van der Waals surface area contributed by atoms with Gasteiger partial charge in [-0.25, -0.2) is 0 Å². The summed E-state index contributed by atoms with van der Waals surface area (Å²) in [4.78, 5) is 0. The van der Waals surface area contributed by atoms with E-state index in [-0.39, 0.29) is 0 Å². The number of ether oxygens (including phenoxy) is 1. The minimum Gasteiger partial charge on any atom is -0.377 e. The molecule has 0 aliphatic heterocycles. The van der Waals surface area contributed by atoms with Crippen molar-refractivity contribution in [1.82, 2.24) is 0 Å². The third-order valence-electron chi connectivity index (χ3n) is 5.25. The van der Waals surface area contributed by atoms with Gasteiger partial charge in [-0.05, 0) is 19.3 Å². The lowest BCUT2D eigenvalue weighted by Gasteiger charge is -2.03. The highest BCUT2D eigenvalue weighted by Gasteiger charge is 1.94. The molecule has 156 valence electrons. The highest BCUT2D eigenvalue weighted by atomic mass is 16.5. The van der Waals surface area contributed by atoms with Gasteiger partial charge in [-0.3, -0.25) is 0 Å². The molecule has 0 unspecified atom stereocenters. The topological polar surface area (TPSA) is 9.23 Å². The first kappa shape index (κ1) is 25.7. The lowest BCUT2D eigenvalue weighted by atomic mass is 10.0. The van der Waals surface area contributed by atoms with Crippen LogP contribution in [0.25, 0.3) is 0 Å². The van der Waals surface area contributed by atoms with Crippen LogP contribution < -0.4 is 0 Å². The van der Waals surface area contributed by atoms with Crippen LogP contribution in [0.5, 0.6) is 0 Å². The standard InChI is InChI=1S/C25H50O/c1-3-5-7-9-11-12-13-14-15-16-17-19-21-23-25-26-24-22-20-18-10-8-6-4-2/h20,22H,3-19,21,23-25H2,1-2H3/b22-20+. The molecular formula is C25H50O. The van der Waals surface area contributed by atoms with Crippen molar-refractivity contribution in [2.45, 2.75) is 136 Å². The SMILES string of the molecule is CCCCCC/C=C/COCCCCCCCCCCCCCCCC. The van der Waals surface area contributed by atoms with Crippen molar-refractivity contribution < 1.29 is 4.74 Å². The van der Waals surface area contributed by atoms with Gasteiger partial charge < -0.3 is 4.74 Å². The van der Waals surface area contributed by atoms with Gasteiger partial charge in [0.1, 0.15) is 0 Å². The van der Waals surface area contributed by atoms with Gasteiger partial charge >= 0.3 is 0 Å². The molecule has 0 rings (SSSR count). The normalized spacial score (nSPS) is 11.6. The van der Waals surface area contributed by atoms with Crippen LogP contribution in [-0.2, 0) is 4.74 Å². The molecule has 0 aromatic carbocycles. The predicted molar refractivity (Wildman–Crippen MR) is 119 cm³/mol. The molecule has 26 heavy (non-hydrogen) atoms. The van der Waals surface area contributed by atoms with Crippen LogP contribution in [0, 0.1) is 0 Å². The van der Waals surface area contributed by atoms with Gasteiger partial charge in [0.05, 0.1) is 6.61 Å². The largest absolute Gasteiger partial charge is 0.377 e. The maximum atomic E-state index is 5.68. The van der Waals surface area contributed by atoms with Crippen LogP contribution in [0.1, 0.15) is 136 Å². The second-order valence-electron chi connectivity index (χ2n) is 7.99. The van der Waals surface area contributed by atoms with Crippen molar-refractivity contribution in [3.8, 4) is 0 Å². The maximum absolute atomic E-state index is 5.68. The third kappa shape index (κ3) is 23.7. The van der Waals surface area contributed by atoms with Gasteiger partial charge in [0.15, 0.2) is 0 Å². The first-order chi connectivity index (χ1) is 12.9. The Bertz CT molecular complexity index is 259. The smallest absolute Gasteiger partial charge is 0.0647 e. The molecule has 0 bridgehead atoms. The fraction of sp³-hybridized carbons (Fsp3) is 0.920. The van der Waals surface area contributed by atoms with Crippen molar-refractivity contribution in [2.24, 2.45) is 0 Å². The van der Waals surface area contributed by atoms with E-state index in [1.165, 1.54) is 122 Å². The van der Waals surface area contributed by atoms with E-state index < -0.39 is 0 Å². The van der Waals surface area contributed by atoms with E-state index in [2.05, 4.69) is 26.0 Å². The first-order valence-electron chi connectivity index (χ1n) is 12.1. The average molecular weight is 367 g/mol. The summed E-state index contributed by atoms with van der Waals surface area (Å²) in [5, 5.41) is 0. The Morgan fingerprint density at radius 3 is 1.38 bits per heavy atom. The predicted octanol–water partition coefficient (Wildman–Crippen LogP) is 9.01. The summed E-state index contributed by atoms with van der Waals surface area (Å²) in [6, 6.07) is 0. The Hall–Kier alpha value is -0.300. The van der Waals surface area contributed by atoms with Gasteiger partial charge in [-0.1, -0.05) is 129 Å². The summed E-state index contributed by atoms with van der Waals surface area (Å²) in [6.07, 6.45) is 31.0. The molecule has 0 radical (unpaired) electrons. The molecule has 1 nitrogen and oxygen atoms in total. The van der Waals surface area contributed by atoms with Crippen LogP contribution in [0.2, 0.25) is 0 Å². The zero-order chi connectivity index (χ0) is 19.0. The summed E-state index contributed by atoms with van der Waals surface area (Å²) in [7, 11) is 0. The Balaban J connectivity index is 3.01. The number of allylic oxidation sites excluding steroid dienone is 1. The van der Waals surface area contributed by atoms with Gasteiger partial charge in [0.25, 0.3) is 0 Å². The molecule has 0 fully saturated rings. The molecule has 0 heterocycles. The zero-order valence-corrected chi connectivity index (χ0v) is 18.4. The number of rotatable bonds is 22. The summed E-state index contributed by atoms with van der Waals surface area (Å²) in [5.41, 5.74) is 0. The second kappa shape index (κ2) is 24.7. The molecule has 0 aliphatic rings. The Labute approximate surface area is 166 Å². The van der Waals surface area contributed by atoms with E-state index in [1.54, 1.807) is 0 Å². The molecular weight excluding hydrogens is 316 g/mol. The van der Waals surface area contributed by atoms with Crippen molar-refractivity contribution in [1.29, 1.82) is 0 Å². The summed E-state index contributed by atoms with van der Waals surface area (Å²) < 4.78 is 5.68. The van der Waals surface area contributed by atoms with E-state index in [0.717, 1.165) is 13.2 Å². The fourth-order valence-corrected chi connectivity index (χ4v) is 3.42. The lowest BCUT2D eigenvalue weighted by Crippen LogP contribution is -1.94. The zero-order valence-electron chi connectivity index (χ0n) is 18.4. The second-order valence-corrected chi connectivity index (χ2v) is 7.99. The molecule has 0 spiro atoms. The summed E-state index contributed by atoms with van der Waals surface area (Å²) in [6.45, 7) is 6.31. The molecule has 0 aromatic heterocycles. The highest BCUT2D eigenvalue weighted by Crippen LogP contribution is 2.13. The molecule has 0 N–H and O–H groups in total. The van der Waals surface area contributed by atoms with Gasteiger partial charge in [0, 0.05) is 6.61 Å². The Morgan fingerprint density at radius 2 is 0.885 bits per heavy atom. The van der Waals surface area contributed by atoms with Gasteiger partial charge in [0.2, 0.25) is 0 Å². The minimum absolute atomic E-state index is 0.812. The number of hydrogen-bond acceptors (Lipinski definition) is 1. The Kier molecular flexibility index (Phi) is 24.4. The lowest BCUT2D eigenvalue weighted by molar-refractivity contribution is 0.157. The van der Waals surface area contributed by atoms with Gasteiger partial charge in [-0.15, -0.1) is 0 Å². The fourth-order valence-electron chi connectivity index (χ4n) is 3.42. The Morgan fingerprint density at radius 1 is 0.462 bits per heavy atom. The van der Waals surface area contributed by atoms with Crippen LogP contribution in [0.3, 0.4) is 0 Å². The van der Waals surface area contributed by atoms with E-state index in [1.807, 2.05) is 0 Å². The minimum atomic E-state index is 0.812. The van der Waals surface area contributed by atoms with Crippen molar-refractivity contribution in [2.75, 3.05) is 13.2 Å². The van der Waals surface area contributed by atoms with E-state index in [9.17, 15) is 0 Å². The van der Waals surface area contributed by atoms with Crippen molar-refractivity contribution >= 4 is 0 Å². The van der Waals surface area contributed by atoms with Crippen molar-refractivity contribution in [3.63, 3.8) is 0 Å². The van der Waals surface area contributed by atoms with E-state index >= 15 is 0 Å². The van der Waals surface area contributed by atoms with E-state index in [0.29, 0.717) is 0 Å². The average Bonchev–Trinajstić information content (AvgIpc) is 2.66. The summed E-state index contributed by atoms with van der Waals surface area (Å²) in [5.74, 6) is 0. The van der Waals surface area contributed by atoms with E-state index in [4.69, 9.17) is 4.74 Å². The maximum Gasteiger partial charge on any atom is 0.0647 e. The number of hydrogen-bond donors (Lipinski definition) is 0. The highest BCUT2D eigenvalue weighted by molar-refractivity contribution is 4.81. The third-order valence-corrected chi connectivity index (χ3v) is 5.25. The van der Waals surface area contributed by atoms with Crippen LogP contribution in [0.4, 0.5) is 0 Å². The molecule has 0 aromatic rings. The van der Waals surface area contributed by atoms with Crippen LogP contribution in [-0.4, -0.2) is 13.2 Å². The monoisotopic (exact) mass is 366 g/mol.